The predicted molar refractivity (Wildman–Crippen MR) is 112 cm³/mol. The number of nitrogen functional groups attached to an aromatic ring is 1. The molecule has 0 unspecified atom stereocenters. The molecule has 0 aromatic heterocycles. The molecule has 3 heterocycles. The topological polar surface area (TPSA) is 78.7 Å². The largest absolute Gasteiger partial charge is 0.399 e. The number of rotatable bonds is 4. The van der Waals surface area contributed by atoms with Gasteiger partial charge < -0.3 is 15.5 Å². The summed E-state index contributed by atoms with van der Waals surface area (Å²) < 4.78 is 27.6. The Morgan fingerprint density at radius 1 is 0.889 bits per heavy atom. The van der Waals surface area contributed by atoms with E-state index in [0.717, 1.165) is 18.8 Å². The van der Waals surface area contributed by atoms with Gasteiger partial charge in [0.15, 0.2) is 0 Å². The maximum absolute atomic E-state index is 12.5. The van der Waals surface area contributed by atoms with Crippen molar-refractivity contribution in [3.63, 3.8) is 0 Å². The maximum Gasteiger partial charge on any atom is 0.261 e. The Balaban J connectivity index is 0.00000210. The van der Waals surface area contributed by atoms with Crippen molar-refractivity contribution < 1.29 is 8.42 Å². The SMILES string of the molecule is Cl.Nc1ccc(S(=O)(=O)Nc2ccc(N3CCN4CCC3CC4)cc2)cc1. The average Bonchev–Trinajstić information content (AvgIpc) is 2.96. The third-order valence-corrected chi connectivity index (χ3v) is 6.69. The van der Waals surface area contributed by atoms with Crippen LogP contribution in [0.4, 0.5) is 17.1 Å². The number of sulfonamides is 1. The van der Waals surface area contributed by atoms with Crippen LogP contribution in [0.25, 0.3) is 0 Å². The summed E-state index contributed by atoms with van der Waals surface area (Å²) >= 11 is 0. The number of anilines is 3. The molecule has 3 aliphatic heterocycles. The zero-order valence-corrected chi connectivity index (χ0v) is 16.7. The standard InChI is InChI=1S/C19H24N4O2S.ClH/c20-15-1-7-19(8-2-15)26(24,25)21-16-3-5-17(6-4-16)23-14-13-22-11-9-18(23)10-12-22;/h1-8,18,21H,9-14,20H2;1H. The molecule has 5 rings (SSSR count). The Hall–Kier alpha value is -1.96. The van der Waals surface area contributed by atoms with Crippen LogP contribution < -0.4 is 15.4 Å². The van der Waals surface area contributed by atoms with E-state index in [9.17, 15) is 8.42 Å². The molecular weight excluding hydrogens is 384 g/mol. The molecule has 3 fully saturated rings. The molecule has 0 radical (unpaired) electrons. The van der Waals surface area contributed by atoms with Crippen molar-refractivity contribution in [2.45, 2.75) is 23.8 Å². The van der Waals surface area contributed by atoms with Crippen molar-refractivity contribution in [2.24, 2.45) is 0 Å². The van der Waals surface area contributed by atoms with Gasteiger partial charge in [0.05, 0.1) is 4.90 Å². The van der Waals surface area contributed by atoms with Gasteiger partial charge in [-0.05, 0) is 61.4 Å². The van der Waals surface area contributed by atoms with Gasteiger partial charge in [0.2, 0.25) is 0 Å². The van der Waals surface area contributed by atoms with Crippen LogP contribution in [0.15, 0.2) is 53.4 Å². The van der Waals surface area contributed by atoms with E-state index in [1.165, 1.54) is 38.1 Å². The highest BCUT2D eigenvalue weighted by molar-refractivity contribution is 7.92. The molecule has 6 nitrogen and oxygen atoms in total. The number of fused-ring (bicyclic) bond motifs is 4. The second kappa shape index (κ2) is 7.96. The molecule has 2 aromatic rings. The Kier molecular flexibility index (Phi) is 5.83. The summed E-state index contributed by atoms with van der Waals surface area (Å²) in [4.78, 5) is 5.19. The minimum Gasteiger partial charge on any atom is -0.399 e. The smallest absolute Gasteiger partial charge is 0.261 e. The van der Waals surface area contributed by atoms with Crippen molar-refractivity contribution in [1.82, 2.24) is 4.90 Å². The molecule has 2 bridgehead atoms. The van der Waals surface area contributed by atoms with E-state index in [-0.39, 0.29) is 17.3 Å². The average molecular weight is 409 g/mol. The lowest BCUT2D eigenvalue weighted by Gasteiger charge is -2.33. The molecule has 27 heavy (non-hydrogen) atoms. The Labute approximate surface area is 166 Å². The Morgan fingerprint density at radius 2 is 1.52 bits per heavy atom. The fourth-order valence-corrected chi connectivity index (χ4v) is 4.87. The fraction of sp³-hybridized carbons (Fsp3) is 0.368. The van der Waals surface area contributed by atoms with Gasteiger partial charge in [-0.2, -0.15) is 0 Å². The van der Waals surface area contributed by atoms with E-state index >= 15 is 0 Å². The maximum atomic E-state index is 12.5. The summed E-state index contributed by atoms with van der Waals surface area (Å²) in [5, 5.41) is 0. The summed E-state index contributed by atoms with van der Waals surface area (Å²) in [7, 11) is -3.61. The minimum absolute atomic E-state index is 0. The summed E-state index contributed by atoms with van der Waals surface area (Å²) in [6.45, 7) is 4.49. The number of hydrogen-bond donors (Lipinski definition) is 2. The third-order valence-electron chi connectivity index (χ3n) is 5.30. The Bertz CT molecular complexity index is 864. The first-order valence-corrected chi connectivity index (χ1v) is 10.5. The molecule has 3 aliphatic rings. The highest BCUT2D eigenvalue weighted by Gasteiger charge is 2.29. The lowest BCUT2D eigenvalue weighted by molar-refractivity contribution is 0.250. The van der Waals surface area contributed by atoms with Crippen molar-refractivity contribution in [2.75, 3.05) is 41.5 Å². The number of nitrogens with two attached hydrogens (primary N) is 1. The number of nitrogens with zero attached hydrogens (tertiary/aromatic N) is 2. The molecule has 0 aliphatic carbocycles. The van der Waals surface area contributed by atoms with Gasteiger partial charge in [-0.15, -0.1) is 12.4 Å². The molecular formula is C19H25ClN4O2S. The number of nitrogens with one attached hydrogen (secondary N) is 1. The molecule has 0 saturated carbocycles. The van der Waals surface area contributed by atoms with Crippen molar-refractivity contribution in [1.29, 1.82) is 0 Å². The first kappa shape index (κ1) is 19.8. The van der Waals surface area contributed by atoms with Gasteiger partial charge in [0, 0.05) is 49.3 Å². The summed E-state index contributed by atoms with van der Waals surface area (Å²) in [5.41, 5.74) is 7.89. The van der Waals surface area contributed by atoms with Crippen LogP contribution in [0, 0.1) is 0 Å². The molecule has 3 N–H and O–H groups in total. The lowest BCUT2D eigenvalue weighted by atomic mass is 10.0. The highest BCUT2D eigenvalue weighted by Crippen LogP contribution is 2.28. The van der Waals surface area contributed by atoms with E-state index in [0.29, 0.717) is 17.4 Å². The first-order chi connectivity index (χ1) is 12.5. The number of piperidine rings is 1. The van der Waals surface area contributed by atoms with E-state index in [1.807, 2.05) is 24.3 Å². The van der Waals surface area contributed by atoms with Crippen LogP contribution in [-0.2, 0) is 10.0 Å². The number of benzene rings is 2. The van der Waals surface area contributed by atoms with E-state index < -0.39 is 10.0 Å². The van der Waals surface area contributed by atoms with E-state index in [2.05, 4.69) is 14.5 Å². The van der Waals surface area contributed by atoms with Crippen molar-refractivity contribution in [3.05, 3.63) is 48.5 Å². The summed E-state index contributed by atoms with van der Waals surface area (Å²) in [6, 6.07) is 14.5. The Morgan fingerprint density at radius 3 is 2.15 bits per heavy atom. The number of hydrogen-bond acceptors (Lipinski definition) is 5. The molecule has 2 aromatic carbocycles. The highest BCUT2D eigenvalue weighted by atomic mass is 35.5. The second-order valence-electron chi connectivity index (χ2n) is 6.99. The molecule has 0 amide bonds. The normalized spacial score (nSPS) is 22.0. The summed E-state index contributed by atoms with van der Waals surface area (Å²) in [5.74, 6) is 0. The molecule has 146 valence electrons. The van der Waals surface area contributed by atoms with Crippen LogP contribution in [-0.4, -0.2) is 45.5 Å². The van der Waals surface area contributed by atoms with Gasteiger partial charge in [-0.25, -0.2) is 8.42 Å². The van der Waals surface area contributed by atoms with E-state index in [1.54, 1.807) is 12.1 Å². The van der Waals surface area contributed by atoms with Crippen LogP contribution in [0.1, 0.15) is 12.8 Å². The quantitative estimate of drug-likeness (QED) is 0.760. The number of halogens is 1. The third kappa shape index (κ3) is 4.31. The van der Waals surface area contributed by atoms with Crippen molar-refractivity contribution >= 4 is 39.5 Å². The molecule has 8 heteroatoms. The van der Waals surface area contributed by atoms with Gasteiger partial charge >= 0.3 is 0 Å². The van der Waals surface area contributed by atoms with E-state index in [4.69, 9.17) is 5.73 Å². The van der Waals surface area contributed by atoms with Gasteiger partial charge in [0.1, 0.15) is 0 Å². The van der Waals surface area contributed by atoms with Crippen LogP contribution in [0.2, 0.25) is 0 Å². The predicted octanol–water partition coefficient (Wildman–Crippen LogP) is 2.78. The van der Waals surface area contributed by atoms with Crippen LogP contribution in [0.3, 0.4) is 0 Å². The van der Waals surface area contributed by atoms with Crippen molar-refractivity contribution in [3.8, 4) is 0 Å². The first-order valence-electron chi connectivity index (χ1n) is 8.99. The molecule has 3 saturated heterocycles. The zero-order chi connectivity index (χ0) is 18.1. The summed E-state index contributed by atoms with van der Waals surface area (Å²) in [6.07, 6.45) is 2.40. The van der Waals surface area contributed by atoms with Gasteiger partial charge in [-0.1, -0.05) is 0 Å². The molecule has 0 spiro atoms. The zero-order valence-electron chi connectivity index (χ0n) is 15.0. The minimum atomic E-state index is -3.61. The van der Waals surface area contributed by atoms with Crippen LogP contribution >= 0.6 is 12.4 Å². The van der Waals surface area contributed by atoms with Crippen LogP contribution in [0.5, 0.6) is 0 Å². The second-order valence-corrected chi connectivity index (χ2v) is 8.67. The van der Waals surface area contributed by atoms with Gasteiger partial charge in [0.25, 0.3) is 10.0 Å². The van der Waals surface area contributed by atoms with Gasteiger partial charge in [-0.3, -0.25) is 4.72 Å². The fourth-order valence-electron chi connectivity index (χ4n) is 3.81. The monoisotopic (exact) mass is 408 g/mol. The lowest BCUT2D eigenvalue weighted by Crippen LogP contribution is -2.37. The molecule has 0 atom stereocenters.